The second kappa shape index (κ2) is 9.52. The lowest BCUT2D eigenvalue weighted by molar-refractivity contribution is -0.143. The van der Waals surface area contributed by atoms with Crippen molar-refractivity contribution in [1.29, 1.82) is 0 Å². The third-order valence-corrected chi connectivity index (χ3v) is 5.52. The van der Waals surface area contributed by atoms with Gasteiger partial charge in [0.1, 0.15) is 5.76 Å². The molecular weight excluding hydrogens is 502 g/mol. The van der Waals surface area contributed by atoms with Crippen molar-refractivity contribution in [2.75, 3.05) is 11.1 Å². The highest BCUT2D eigenvalue weighted by Crippen LogP contribution is 2.37. The minimum absolute atomic E-state index is 0.0162. The van der Waals surface area contributed by atoms with Crippen molar-refractivity contribution in [2.45, 2.75) is 24.1 Å². The number of aromatic nitrogens is 3. The fourth-order valence-electron chi connectivity index (χ4n) is 3.04. The molecule has 3 aromatic heterocycles. The number of nitrogens with zero attached hydrogens (tertiary/aromatic N) is 3. The van der Waals surface area contributed by atoms with Crippen molar-refractivity contribution in [3.05, 3.63) is 71.9 Å². The molecule has 0 aliphatic carbocycles. The van der Waals surface area contributed by atoms with Crippen molar-refractivity contribution < 1.29 is 40.0 Å². The Morgan fingerprint density at radius 2 is 1.60 bits per heavy atom. The maximum absolute atomic E-state index is 13.0. The summed E-state index contributed by atoms with van der Waals surface area (Å²) in [5.74, 6) is 0.0691. The molecule has 1 amide bonds. The molecule has 0 unspecified atom stereocenters. The molecule has 0 bridgehead atoms. The molecule has 184 valence electrons. The van der Waals surface area contributed by atoms with Gasteiger partial charge in [-0.15, -0.1) is 10.2 Å². The monoisotopic (exact) mass is 516 g/mol. The number of halogens is 6. The molecule has 0 atom stereocenters. The fraction of sp³-hybridized carbons (Fsp3) is 0.190. The third-order valence-electron chi connectivity index (χ3n) is 4.56. The molecule has 0 radical (unpaired) electrons. The van der Waals surface area contributed by atoms with Crippen LogP contribution in [0.4, 0.5) is 32.0 Å². The lowest BCUT2D eigenvalue weighted by atomic mass is 10.1. The zero-order valence-corrected chi connectivity index (χ0v) is 18.2. The molecule has 0 fully saturated rings. The highest BCUT2D eigenvalue weighted by molar-refractivity contribution is 7.99. The number of anilines is 1. The van der Waals surface area contributed by atoms with E-state index in [9.17, 15) is 31.1 Å². The van der Waals surface area contributed by atoms with Crippen LogP contribution in [0.15, 0.2) is 69.0 Å². The number of thioether (sulfide) groups is 1. The van der Waals surface area contributed by atoms with E-state index in [1.165, 1.54) is 12.5 Å². The van der Waals surface area contributed by atoms with Gasteiger partial charge in [-0.3, -0.25) is 9.36 Å². The van der Waals surface area contributed by atoms with Crippen LogP contribution < -0.4 is 5.32 Å². The molecule has 3 heterocycles. The van der Waals surface area contributed by atoms with Crippen LogP contribution in [0.1, 0.15) is 16.9 Å². The van der Waals surface area contributed by atoms with Gasteiger partial charge in [-0.05, 0) is 42.5 Å². The van der Waals surface area contributed by atoms with Crippen molar-refractivity contribution in [1.82, 2.24) is 14.8 Å². The average molecular weight is 516 g/mol. The first-order valence-corrected chi connectivity index (χ1v) is 10.7. The molecule has 4 rings (SSSR count). The van der Waals surface area contributed by atoms with Crippen LogP contribution >= 0.6 is 11.8 Å². The van der Waals surface area contributed by atoms with Gasteiger partial charge < -0.3 is 14.2 Å². The molecule has 1 aromatic carbocycles. The number of benzene rings is 1. The summed E-state index contributed by atoms with van der Waals surface area (Å²) in [7, 11) is 0. The standard InChI is InChI=1S/C21H14F6N4O3S/c22-20(23,24)12-7-13(21(25,26)27)9-14(8-12)28-17(32)11-35-19-30-29-18(16-4-2-6-34-16)31(19)10-15-3-1-5-33-15/h1-9H,10-11H2,(H,28,32). The Bertz CT molecular complexity index is 1270. The van der Waals surface area contributed by atoms with Gasteiger partial charge in [0.05, 0.1) is 36.0 Å². The van der Waals surface area contributed by atoms with Crippen LogP contribution in [-0.2, 0) is 23.7 Å². The largest absolute Gasteiger partial charge is 0.467 e. The molecule has 0 saturated carbocycles. The molecule has 7 nitrogen and oxygen atoms in total. The summed E-state index contributed by atoms with van der Waals surface area (Å²) in [5.41, 5.74) is -3.70. The van der Waals surface area contributed by atoms with Crippen molar-refractivity contribution in [3.63, 3.8) is 0 Å². The summed E-state index contributed by atoms with van der Waals surface area (Å²) in [6.45, 7) is 0.183. The van der Waals surface area contributed by atoms with Gasteiger partial charge in [0, 0.05) is 5.69 Å². The van der Waals surface area contributed by atoms with E-state index in [0.29, 0.717) is 29.5 Å². The molecule has 0 spiro atoms. The molecule has 35 heavy (non-hydrogen) atoms. The van der Waals surface area contributed by atoms with Crippen LogP contribution in [-0.4, -0.2) is 26.4 Å². The smallest absolute Gasteiger partial charge is 0.416 e. The Morgan fingerprint density at radius 1 is 0.943 bits per heavy atom. The molecule has 14 heteroatoms. The van der Waals surface area contributed by atoms with Gasteiger partial charge in [-0.2, -0.15) is 26.3 Å². The Balaban J connectivity index is 1.52. The SMILES string of the molecule is O=C(CSc1nnc(-c2ccco2)n1Cc1ccco1)Nc1cc(C(F)(F)F)cc(C(F)(F)F)c1. The number of amides is 1. The minimum atomic E-state index is -5.03. The number of rotatable bonds is 7. The number of hydrogen-bond donors (Lipinski definition) is 1. The second-order valence-corrected chi connectivity index (χ2v) is 8.02. The molecular formula is C21H14F6N4O3S. The van der Waals surface area contributed by atoms with Gasteiger partial charge in [-0.25, -0.2) is 0 Å². The number of alkyl halides is 6. The summed E-state index contributed by atoms with van der Waals surface area (Å²) in [6.07, 6.45) is -7.15. The summed E-state index contributed by atoms with van der Waals surface area (Å²) in [4.78, 5) is 12.4. The van der Waals surface area contributed by atoms with E-state index in [-0.39, 0.29) is 23.5 Å². The highest BCUT2D eigenvalue weighted by atomic mass is 32.2. The summed E-state index contributed by atoms with van der Waals surface area (Å²) < 4.78 is 90.5. The highest BCUT2D eigenvalue weighted by Gasteiger charge is 2.37. The van der Waals surface area contributed by atoms with Crippen molar-refractivity contribution in [2.24, 2.45) is 0 Å². The van der Waals surface area contributed by atoms with Crippen LogP contribution in [0.3, 0.4) is 0 Å². The molecule has 4 aromatic rings. The van der Waals surface area contributed by atoms with E-state index in [4.69, 9.17) is 8.83 Å². The van der Waals surface area contributed by atoms with Crippen LogP contribution in [0.2, 0.25) is 0 Å². The number of carbonyl (C=O) groups is 1. The van der Waals surface area contributed by atoms with Crippen molar-refractivity contribution >= 4 is 23.4 Å². The molecule has 0 aliphatic rings. The topological polar surface area (TPSA) is 86.1 Å². The lowest BCUT2D eigenvalue weighted by Gasteiger charge is -2.14. The maximum Gasteiger partial charge on any atom is 0.416 e. The van der Waals surface area contributed by atoms with E-state index in [1.54, 1.807) is 28.8 Å². The van der Waals surface area contributed by atoms with Crippen LogP contribution in [0.25, 0.3) is 11.6 Å². The van der Waals surface area contributed by atoms with Gasteiger partial charge >= 0.3 is 12.4 Å². The summed E-state index contributed by atoms with van der Waals surface area (Å²) in [5, 5.41) is 10.4. The fourth-order valence-corrected chi connectivity index (χ4v) is 3.78. The Kier molecular flexibility index (Phi) is 6.65. The van der Waals surface area contributed by atoms with E-state index in [2.05, 4.69) is 15.5 Å². The van der Waals surface area contributed by atoms with Crippen LogP contribution in [0, 0.1) is 0 Å². The first-order chi connectivity index (χ1) is 16.5. The summed E-state index contributed by atoms with van der Waals surface area (Å²) in [6, 6.07) is 7.54. The summed E-state index contributed by atoms with van der Waals surface area (Å²) >= 11 is 0.883. The maximum atomic E-state index is 13.0. The average Bonchev–Trinajstić information content (AvgIpc) is 3.54. The Labute approximate surface area is 197 Å². The van der Waals surface area contributed by atoms with Gasteiger partial charge in [0.15, 0.2) is 10.9 Å². The van der Waals surface area contributed by atoms with Crippen molar-refractivity contribution in [3.8, 4) is 11.6 Å². The first-order valence-electron chi connectivity index (χ1n) is 9.72. The number of furan rings is 2. The third kappa shape index (κ3) is 5.88. The molecule has 0 saturated heterocycles. The first kappa shape index (κ1) is 24.4. The normalized spacial score (nSPS) is 12.2. The Morgan fingerprint density at radius 3 is 2.17 bits per heavy atom. The number of nitrogens with one attached hydrogen (secondary N) is 1. The van der Waals surface area contributed by atoms with E-state index in [0.717, 1.165) is 11.8 Å². The van der Waals surface area contributed by atoms with E-state index >= 15 is 0 Å². The lowest BCUT2D eigenvalue weighted by Crippen LogP contribution is -2.17. The zero-order valence-electron chi connectivity index (χ0n) is 17.4. The minimum Gasteiger partial charge on any atom is -0.467 e. The molecule has 1 N–H and O–H groups in total. The Hall–Kier alpha value is -3.68. The van der Waals surface area contributed by atoms with E-state index in [1.807, 2.05) is 0 Å². The van der Waals surface area contributed by atoms with Crippen LogP contribution in [0.5, 0.6) is 0 Å². The van der Waals surface area contributed by atoms with Gasteiger partial charge in [-0.1, -0.05) is 11.8 Å². The second-order valence-electron chi connectivity index (χ2n) is 7.08. The predicted molar refractivity (Wildman–Crippen MR) is 111 cm³/mol. The number of hydrogen-bond acceptors (Lipinski definition) is 6. The quantitative estimate of drug-likeness (QED) is 0.242. The zero-order chi connectivity index (χ0) is 25.2. The molecule has 0 aliphatic heterocycles. The van der Waals surface area contributed by atoms with Gasteiger partial charge in [0.2, 0.25) is 11.7 Å². The van der Waals surface area contributed by atoms with Gasteiger partial charge in [0.25, 0.3) is 0 Å². The number of carbonyl (C=O) groups excluding carboxylic acids is 1. The predicted octanol–water partition coefficient (Wildman–Crippen LogP) is 5.95. The van der Waals surface area contributed by atoms with E-state index < -0.39 is 35.1 Å².